The van der Waals surface area contributed by atoms with Crippen LogP contribution in [0.2, 0.25) is 0 Å². The summed E-state index contributed by atoms with van der Waals surface area (Å²) in [5.74, 6) is 1.93. The smallest absolute Gasteiger partial charge is 0.778 e. The van der Waals surface area contributed by atoms with Crippen LogP contribution < -0.4 is 4.74 Å². The van der Waals surface area contributed by atoms with E-state index in [1.165, 1.54) is 10.9 Å². The number of fused-ring (bicyclic) bond motifs is 5. The average Bonchev–Trinajstić information content (AvgIpc) is 3.24. The molecule has 3 heterocycles. The molecule has 7 aromatic rings. The quantitative estimate of drug-likeness (QED) is 0.137. The van der Waals surface area contributed by atoms with Gasteiger partial charge in [0, 0.05) is 28.9 Å². The number of rotatable bonds is 3. The van der Waals surface area contributed by atoms with E-state index in [-0.39, 0.29) is 21.1 Å². The summed E-state index contributed by atoms with van der Waals surface area (Å²) in [4.78, 5) is 10.3. The molecule has 0 aliphatic heterocycles. The van der Waals surface area contributed by atoms with Crippen molar-refractivity contribution in [3.05, 3.63) is 108 Å². The van der Waals surface area contributed by atoms with E-state index >= 15 is 0 Å². The Morgan fingerprint density at radius 1 is 0.795 bits per heavy atom. The summed E-state index contributed by atoms with van der Waals surface area (Å²) in [6, 6.07) is 30.3. The minimum absolute atomic E-state index is 0. The van der Waals surface area contributed by atoms with Gasteiger partial charge in [0.25, 0.3) is 0 Å². The number of ether oxygens (including phenoxy) is 1. The molecule has 0 amide bonds. The Morgan fingerprint density at radius 2 is 1.62 bits per heavy atom. The Hall–Kier alpha value is -3.79. The fraction of sp³-hybridized carbons (Fsp3) is 0.0909. The molecule has 0 N–H and O–H groups in total. The van der Waals surface area contributed by atoms with E-state index < -0.39 is 0 Å². The van der Waals surface area contributed by atoms with Crippen molar-refractivity contribution >= 4 is 56.1 Å². The van der Waals surface area contributed by atoms with E-state index in [4.69, 9.17) is 27.3 Å². The van der Waals surface area contributed by atoms with Gasteiger partial charge in [0.15, 0.2) is 0 Å². The van der Waals surface area contributed by atoms with Gasteiger partial charge in [-0.15, -0.1) is 22.6 Å². The second-order valence-electron chi connectivity index (χ2n) is 9.82. The first-order valence-electron chi connectivity index (χ1n) is 12.5. The van der Waals surface area contributed by atoms with Crippen LogP contribution in [0.5, 0.6) is 11.6 Å². The third kappa shape index (κ3) is 4.27. The Morgan fingerprint density at radius 3 is 2.46 bits per heavy atom. The van der Waals surface area contributed by atoms with E-state index in [2.05, 4.69) is 73.0 Å². The first-order valence-corrected chi connectivity index (χ1v) is 13.0. The van der Waals surface area contributed by atoms with Gasteiger partial charge < -0.3 is 21.9 Å². The molecule has 4 aromatic carbocycles. The van der Waals surface area contributed by atoms with E-state index in [0.29, 0.717) is 11.6 Å². The summed E-state index contributed by atoms with van der Waals surface area (Å²) in [5, 5.41) is 5.61. The molecule has 4 nitrogen and oxygen atoms in total. The van der Waals surface area contributed by atoms with Gasteiger partial charge in [-0.3, -0.25) is 0 Å². The molecule has 39 heavy (non-hydrogen) atoms. The van der Waals surface area contributed by atoms with Gasteiger partial charge in [-0.2, -0.15) is 0 Å². The maximum atomic E-state index is 6.30. The van der Waals surface area contributed by atoms with Gasteiger partial charge >= 0.3 is 21.1 Å². The number of pyridine rings is 2. The van der Waals surface area contributed by atoms with Crippen LogP contribution >= 0.6 is 0 Å². The fourth-order valence-corrected chi connectivity index (χ4v) is 5.77. The monoisotopic (exact) mass is 704 g/mol. The number of aromatic nitrogens is 3. The molecular weight excluding hydrogens is 682 g/mol. The molecule has 0 radical (unpaired) electrons. The van der Waals surface area contributed by atoms with Gasteiger partial charge in [-0.05, 0) is 54.3 Å². The molecule has 0 fully saturated rings. The van der Waals surface area contributed by atoms with Crippen LogP contribution in [-0.4, -0.2) is 14.5 Å². The van der Waals surface area contributed by atoms with Crippen molar-refractivity contribution in [2.24, 2.45) is 0 Å². The average molecular weight is 705 g/mol. The molecule has 0 saturated carbocycles. The predicted octanol–water partition coefficient (Wildman–Crippen LogP) is 8.30. The summed E-state index contributed by atoms with van der Waals surface area (Å²) >= 11 is 5.57. The molecule has 0 unspecified atom stereocenters. The number of benzene rings is 4. The summed E-state index contributed by atoms with van der Waals surface area (Å²) in [5.41, 5.74) is 6.22. The Kier molecular flexibility index (Phi) is 6.37. The van der Waals surface area contributed by atoms with Crippen LogP contribution in [0.15, 0.2) is 90.0 Å². The molecule has 0 spiro atoms. The van der Waals surface area contributed by atoms with Crippen molar-refractivity contribution < 1.29 is 25.8 Å². The van der Waals surface area contributed by atoms with Gasteiger partial charge in [0.1, 0.15) is 5.82 Å². The van der Waals surface area contributed by atoms with Crippen LogP contribution in [0, 0.1) is 26.8 Å². The zero-order chi connectivity index (χ0) is 26.0. The van der Waals surface area contributed by atoms with Crippen molar-refractivity contribution in [2.45, 2.75) is 25.7 Å². The minimum atomic E-state index is 0. The van der Waals surface area contributed by atoms with Crippen molar-refractivity contribution in [1.29, 1.82) is 0 Å². The van der Waals surface area contributed by atoms with Crippen molar-refractivity contribution in [3.8, 4) is 17.4 Å². The fourth-order valence-electron chi connectivity index (χ4n) is 5.42. The molecule has 0 atom stereocenters. The number of hydrogen-bond acceptors (Lipinski definition) is 4. The van der Waals surface area contributed by atoms with E-state index in [1.54, 1.807) is 0 Å². The third-order valence-corrected chi connectivity index (χ3v) is 7.43. The third-order valence-electron chi connectivity index (χ3n) is 7.12. The Labute approximate surface area is 246 Å². The zero-order valence-electron chi connectivity index (χ0n) is 21.6. The predicted molar refractivity (Wildman–Crippen MR) is 157 cm³/mol. The van der Waals surface area contributed by atoms with E-state index in [9.17, 15) is 0 Å². The largest absolute Gasteiger partial charge is 2.00 e. The van der Waals surface area contributed by atoms with Crippen LogP contribution in [0.3, 0.4) is 0 Å². The standard InChI is InChI=1S/C33H24N3OS.Pt/c1-19-13-23-11-12-30(35-33(23)28(38)14-19)37-25-15-21(3)32-27(17-25)36(26-10-6-7-20(2)31(26)32)29-16-22-8-4-5-9-24(22)18-34-29;/h4-16,18,38H,1-3H3;/q-1;+2/p-1. The van der Waals surface area contributed by atoms with Crippen LogP contribution in [0.25, 0.3) is 49.3 Å². The van der Waals surface area contributed by atoms with Gasteiger partial charge in [0.05, 0.1) is 5.52 Å². The molecule has 7 rings (SSSR count). The molecule has 192 valence electrons. The number of aryl methyl sites for hydroxylation is 3. The SMILES string of the molecule is Cc1cc([S-])c2nc(Oc3[c-]c4c(c(C)c3)c3c(C)cccc3n4-c3cc4ccccc4cn3)ccc2c1.[Pt+2]. The number of nitrogens with zero attached hydrogens (tertiary/aromatic N) is 3. The van der Waals surface area contributed by atoms with Gasteiger partial charge in [0.2, 0.25) is 5.88 Å². The summed E-state index contributed by atoms with van der Waals surface area (Å²) in [6.45, 7) is 6.31. The molecule has 0 saturated heterocycles. The molecule has 0 bridgehead atoms. The van der Waals surface area contributed by atoms with Gasteiger partial charge in [-0.1, -0.05) is 71.4 Å². The molecule has 3 aromatic heterocycles. The summed E-state index contributed by atoms with van der Waals surface area (Å²) in [7, 11) is 0. The minimum Gasteiger partial charge on any atom is -0.778 e. The second-order valence-corrected chi connectivity index (χ2v) is 10.3. The molecule has 0 aliphatic carbocycles. The van der Waals surface area contributed by atoms with Crippen LogP contribution in [-0.2, 0) is 33.7 Å². The normalized spacial score (nSPS) is 11.4. The van der Waals surface area contributed by atoms with Crippen molar-refractivity contribution in [2.75, 3.05) is 0 Å². The van der Waals surface area contributed by atoms with Crippen molar-refractivity contribution in [3.63, 3.8) is 0 Å². The van der Waals surface area contributed by atoms with Gasteiger partial charge in [-0.25, -0.2) is 9.97 Å². The summed E-state index contributed by atoms with van der Waals surface area (Å²) < 4.78 is 8.48. The van der Waals surface area contributed by atoms with Crippen LogP contribution in [0.1, 0.15) is 16.7 Å². The number of hydrogen-bond donors (Lipinski definition) is 0. The second kappa shape index (κ2) is 9.75. The summed E-state index contributed by atoms with van der Waals surface area (Å²) in [6.07, 6.45) is 1.93. The molecule has 6 heteroatoms. The zero-order valence-corrected chi connectivity index (χ0v) is 24.6. The first-order chi connectivity index (χ1) is 18.5. The molecule has 0 aliphatic rings. The maximum absolute atomic E-state index is 6.30. The Balaban J connectivity index is 0.00000277. The maximum Gasteiger partial charge on any atom is 2.00 e. The Bertz CT molecular complexity index is 2060. The van der Waals surface area contributed by atoms with Crippen molar-refractivity contribution in [1.82, 2.24) is 14.5 Å². The van der Waals surface area contributed by atoms with E-state index in [0.717, 1.165) is 59.9 Å². The first kappa shape index (κ1) is 25.5. The molecular formula is C33H23N3OPtS. The van der Waals surface area contributed by atoms with Crippen LogP contribution in [0.4, 0.5) is 0 Å². The topological polar surface area (TPSA) is 39.9 Å². The van der Waals surface area contributed by atoms with E-state index in [1.807, 2.05) is 43.5 Å².